The van der Waals surface area contributed by atoms with Gasteiger partial charge in [-0.3, -0.25) is 19.2 Å². The first-order valence-electron chi connectivity index (χ1n) is 21.1. The molecule has 2 aromatic heterocycles. The molecule has 0 saturated carbocycles. The summed E-state index contributed by atoms with van der Waals surface area (Å²) in [5, 5.41) is 4.25. The number of hydrogen-bond donors (Lipinski definition) is 1. The van der Waals surface area contributed by atoms with Crippen molar-refractivity contribution in [2.45, 2.75) is 64.1 Å². The predicted octanol–water partition coefficient (Wildman–Crippen LogP) is 5.16. The van der Waals surface area contributed by atoms with E-state index >= 15 is 0 Å². The van der Waals surface area contributed by atoms with Gasteiger partial charge in [-0.25, -0.2) is 4.79 Å². The molecule has 16 heteroatoms. The highest BCUT2D eigenvalue weighted by molar-refractivity contribution is 5.99. The smallest absolute Gasteiger partial charge is 0.410 e. The minimum absolute atomic E-state index is 0.0884. The maximum atomic E-state index is 13.2. The Hall–Kier alpha value is -5.45. The van der Waals surface area contributed by atoms with E-state index in [4.69, 9.17) is 23.0 Å². The minimum atomic E-state index is -0.634. The molecule has 8 rings (SSSR count). The molecule has 4 fully saturated rings. The van der Waals surface area contributed by atoms with Crippen LogP contribution in [0.3, 0.4) is 0 Å². The molecule has 1 N–H and O–H groups in total. The highest BCUT2D eigenvalue weighted by Gasteiger charge is 2.36. The fourth-order valence-electron chi connectivity index (χ4n) is 8.27. The maximum Gasteiger partial charge on any atom is 0.410 e. The second kappa shape index (κ2) is 18.3. The van der Waals surface area contributed by atoms with Gasteiger partial charge in [0.1, 0.15) is 16.8 Å². The van der Waals surface area contributed by atoms with Crippen LogP contribution in [0, 0.1) is 0 Å². The van der Waals surface area contributed by atoms with Crippen LogP contribution < -0.4 is 26.0 Å². The van der Waals surface area contributed by atoms with Crippen LogP contribution >= 0.6 is 0 Å². The van der Waals surface area contributed by atoms with E-state index in [1.807, 2.05) is 36.6 Å². The van der Waals surface area contributed by atoms with Crippen molar-refractivity contribution in [3.8, 4) is 0 Å². The number of hydrogen-bond acceptors (Lipinski definition) is 13. The minimum Gasteiger partial charge on any atom is -0.444 e. The van der Waals surface area contributed by atoms with Crippen molar-refractivity contribution >= 4 is 51.6 Å². The molecule has 4 aliphatic heterocycles. The van der Waals surface area contributed by atoms with Gasteiger partial charge < -0.3 is 52.9 Å². The van der Waals surface area contributed by atoms with Gasteiger partial charge in [0.25, 0.3) is 11.8 Å². The zero-order valence-corrected chi connectivity index (χ0v) is 36.3. The lowest BCUT2D eigenvalue weighted by Gasteiger charge is -2.30. The van der Waals surface area contributed by atoms with Gasteiger partial charge in [0.05, 0.1) is 43.2 Å². The van der Waals surface area contributed by atoms with Crippen molar-refractivity contribution in [1.82, 2.24) is 20.0 Å². The van der Waals surface area contributed by atoms with Gasteiger partial charge in [0, 0.05) is 101 Å². The molecule has 2 unspecified atom stereocenters. The number of carbonyl (C=O) groups excluding carboxylic acids is 3. The monoisotopic (exact) mass is 842 g/mol. The van der Waals surface area contributed by atoms with Gasteiger partial charge in [-0.05, 0) is 77.3 Å². The van der Waals surface area contributed by atoms with E-state index in [1.54, 1.807) is 51.3 Å². The Balaban J connectivity index is 0.000000189. The molecule has 61 heavy (non-hydrogen) atoms. The summed E-state index contributed by atoms with van der Waals surface area (Å²) in [5.41, 5.74) is 2.46. The van der Waals surface area contributed by atoms with E-state index in [9.17, 15) is 24.0 Å². The fraction of sp³-hybridized carbons (Fsp3) is 0.533. The summed E-state index contributed by atoms with van der Waals surface area (Å²) in [5.74, 6) is 0.701. The summed E-state index contributed by atoms with van der Waals surface area (Å²) in [4.78, 5) is 73.2. The van der Waals surface area contributed by atoms with E-state index < -0.39 is 11.7 Å². The molecule has 4 aliphatic rings. The lowest BCUT2D eigenvalue weighted by molar-refractivity contribution is 0.0224. The Morgan fingerprint density at radius 2 is 1.16 bits per heavy atom. The molecule has 6 heterocycles. The van der Waals surface area contributed by atoms with Crippen LogP contribution in [0.4, 0.5) is 16.6 Å². The predicted molar refractivity (Wildman–Crippen MR) is 232 cm³/mol. The standard InChI is InChI=1S/C25H33N3O6.C20H25N3O4/c1-25(2,3)34-24(31)28-8-6-7-19(28)17-13-16(23(30)26(4)5)14-18-20(29)15-21(33-22(17)18)27-9-11-32-12-10-27;1-22(2)20(25)13-10-14(16-4-3-5-21-16)19-15(11-13)17(24)12-18(27-19)23-6-8-26-9-7-23/h13-15,19H,6-12H2,1-5H3;10-12,16,21H,3-9H2,1-2H3. The van der Waals surface area contributed by atoms with E-state index in [0.29, 0.717) is 116 Å². The van der Waals surface area contributed by atoms with Crippen LogP contribution in [0.5, 0.6) is 0 Å². The van der Waals surface area contributed by atoms with Crippen molar-refractivity contribution in [3.05, 3.63) is 79.1 Å². The van der Waals surface area contributed by atoms with Crippen LogP contribution in [0.25, 0.3) is 21.9 Å². The lowest BCUT2D eigenvalue weighted by Crippen LogP contribution is -2.37. The first-order chi connectivity index (χ1) is 29.1. The topological polar surface area (TPSA) is 168 Å². The molecular formula is C45H58N6O10. The number of nitrogens with zero attached hydrogens (tertiary/aromatic N) is 5. The number of likely N-dealkylation sites (tertiary alicyclic amines) is 1. The molecule has 0 spiro atoms. The third kappa shape index (κ3) is 9.71. The van der Waals surface area contributed by atoms with Crippen LogP contribution in [-0.4, -0.2) is 132 Å². The van der Waals surface area contributed by atoms with E-state index in [-0.39, 0.29) is 34.8 Å². The summed E-state index contributed by atoms with van der Waals surface area (Å²) in [7, 11) is 6.76. The van der Waals surface area contributed by atoms with Crippen LogP contribution in [0.2, 0.25) is 0 Å². The molecule has 16 nitrogen and oxygen atoms in total. The number of rotatable bonds is 6. The average Bonchev–Trinajstić information content (AvgIpc) is 3.97. The van der Waals surface area contributed by atoms with Gasteiger partial charge >= 0.3 is 6.09 Å². The number of amides is 3. The third-order valence-corrected chi connectivity index (χ3v) is 11.3. The van der Waals surface area contributed by atoms with Gasteiger partial charge in [0.15, 0.2) is 22.6 Å². The van der Waals surface area contributed by atoms with Gasteiger partial charge in [-0.1, -0.05) is 0 Å². The van der Waals surface area contributed by atoms with Crippen molar-refractivity contribution in [1.29, 1.82) is 0 Å². The molecule has 3 amide bonds. The molecule has 2 aromatic carbocycles. The van der Waals surface area contributed by atoms with E-state index in [1.165, 1.54) is 21.9 Å². The highest BCUT2D eigenvalue weighted by Crippen LogP contribution is 2.39. The molecule has 0 radical (unpaired) electrons. The Bertz CT molecular complexity index is 2380. The largest absolute Gasteiger partial charge is 0.444 e. The number of ether oxygens (including phenoxy) is 3. The molecule has 0 aliphatic carbocycles. The second-order valence-electron chi connectivity index (χ2n) is 17.4. The quantitative estimate of drug-likeness (QED) is 0.271. The second-order valence-corrected chi connectivity index (χ2v) is 17.4. The van der Waals surface area contributed by atoms with Gasteiger partial charge in [0.2, 0.25) is 0 Å². The molecule has 2 atom stereocenters. The van der Waals surface area contributed by atoms with Gasteiger partial charge in [-0.15, -0.1) is 0 Å². The first-order valence-corrected chi connectivity index (χ1v) is 21.1. The maximum absolute atomic E-state index is 13.2. The number of fused-ring (bicyclic) bond motifs is 2. The van der Waals surface area contributed by atoms with Crippen LogP contribution in [0.1, 0.15) is 90.4 Å². The number of anilines is 2. The zero-order valence-electron chi connectivity index (χ0n) is 36.3. The Morgan fingerprint density at radius 1 is 0.672 bits per heavy atom. The lowest BCUT2D eigenvalue weighted by atomic mass is 9.97. The fourth-order valence-corrected chi connectivity index (χ4v) is 8.27. The number of carbonyl (C=O) groups is 3. The molecular weight excluding hydrogens is 785 g/mol. The van der Waals surface area contributed by atoms with Crippen molar-refractivity contribution < 1.29 is 37.4 Å². The molecule has 328 valence electrons. The Labute approximate surface area is 355 Å². The zero-order chi connectivity index (χ0) is 43.6. The normalized spacial score (nSPS) is 19.5. The number of nitrogens with one attached hydrogen (secondary N) is 1. The van der Waals surface area contributed by atoms with Crippen molar-refractivity contribution in [3.63, 3.8) is 0 Å². The summed E-state index contributed by atoms with van der Waals surface area (Å²) in [6, 6.07) is 9.60. The summed E-state index contributed by atoms with van der Waals surface area (Å²) in [6.07, 6.45) is 3.06. The molecule has 4 aromatic rings. The molecule has 4 saturated heterocycles. The third-order valence-electron chi connectivity index (χ3n) is 11.3. The average molecular weight is 843 g/mol. The first kappa shape index (κ1) is 43.6. The van der Waals surface area contributed by atoms with Gasteiger partial charge in [-0.2, -0.15) is 0 Å². The highest BCUT2D eigenvalue weighted by atomic mass is 16.6. The van der Waals surface area contributed by atoms with E-state index in [2.05, 4.69) is 5.32 Å². The number of morpholine rings is 2. The summed E-state index contributed by atoms with van der Waals surface area (Å²) < 4.78 is 29.0. The van der Waals surface area contributed by atoms with Crippen molar-refractivity contribution in [2.75, 3.05) is 104 Å². The van der Waals surface area contributed by atoms with E-state index in [0.717, 1.165) is 31.4 Å². The Kier molecular flexibility index (Phi) is 13.1. The molecule has 0 bridgehead atoms. The van der Waals surface area contributed by atoms with Crippen LogP contribution in [-0.2, 0) is 14.2 Å². The summed E-state index contributed by atoms with van der Waals surface area (Å²) in [6.45, 7) is 11.9. The summed E-state index contributed by atoms with van der Waals surface area (Å²) >= 11 is 0. The number of benzene rings is 2. The Morgan fingerprint density at radius 3 is 1.62 bits per heavy atom. The SMILES string of the molecule is CN(C)C(=O)c1cc(C2CCCN2)c2oc(N3CCOCC3)cc(=O)c2c1.CN(C)C(=O)c1cc(C2CCCN2C(=O)OC(C)(C)C)c2oc(N3CCOCC3)cc(=O)c2c1. The van der Waals surface area contributed by atoms with Crippen LogP contribution in [0.15, 0.2) is 54.8 Å². The van der Waals surface area contributed by atoms with Crippen molar-refractivity contribution in [2.24, 2.45) is 0 Å².